The molecule has 0 aliphatic carbocycles. The van der Waals surface area contributed by atoms with Crippen LogP contribution in [0.5, 0.6) is 0 Å². The molecule has 7 heteroatoms. The topological polar surface area (TPSA) is 81.6 Å². The van der Waals surface area contributed by atoms with E-state index >= 15 is 0 Å². The van der Waals surface area contributed by atoms with Crippen molar-refractivity contribution in [1.29, 1.82) is 0 Å². The monoisotopic (exact) mass is 544 g/mol. The molecule has 0 unspecified atom stereocenters. The number of benzene rings is 5. The second-order valence-electron chi connectivity index (χ2n) is 11.0. The Labute approximate surface area is 237 Å². The van der Waals surface area contributed by atoms with Gasteiger partial charge >= 0.3 is 0 Å². The predicted molar refractivity (Wildman–Crippen MR) is 167 cm³/mol. The first kappa shape index (κ1) is 25.5. The molecule has 1 saturated heterocycles. The van der Waals surface area contributed by atoms with E-state index in [4.69, 9.17) is 4.42 Å². The van der Waals surface area contributed by atoms with Gasteiger partial charge in [0.25, 0.3) is 0 Å². The van der Waals surface area contributed by atoms with Crippen molar-refractivity contribution in [2.75, 3.05) is 44.6 Å². The predicted octanol–water partition coefficient (Wildman–Crippen LogP) is 5.48. The smallest absolute Gasteiger partial charge is 0.196 e. The van der Waals surface area contributed by atoms with Crippen LogP contribution in [0.2, 0.25) is 0 Å². The molecule has 1 aromatic heterocycles. The van der Waals surface area contributed by atoms with Crippen LogP contribution >= 0.6 is 0 Å². The Morgan fingerprint density at radius 2 is 1.46 bits per heavy atom. The molecule has 1 aliphatic heterocycles. The Morgan fingerprint density at radius 3 is 2.22 bits per heavy atom. The number of aromatic nitrogens is 1. The lowest BCUT2D eigenvalue weighted by molar-refractivity contribution is 0.130. The fourth-order valence-corrected chi connectivity index (χ4v) is 6.05. The van der Waals surface area contributed by atoms with Gasteiger partial charge in [0.1, 0.15) is 0 Å². The number of nitrogens with zero attached hydrogens (tertiary/aromatic N) is 2. The minimum absolute atomic E-state index is 0.147. The van der Waals surface area contributed by atoms with Gasteiger partial charge in [0.05, 0.1) is 27.5 Å². The summed E-state index contributed by atoms with van der Waals surface area (Å²) in [6.45, 7) is 8.50. The van der Waals surface area contributed by atoms with Crippen molar-refractivity contribution in [1.82, 2.24) is 14.8 Å². The van der Waals surface area contributed by atoms with E-state index in [1.807, 2.05) is 31.2 Å². The molecule has 0 amide bonds. The van der Waals surface area contributed by atoms with Crippen molar-refractivity contribution < 1.29 is 4.42 Å². The first-order valence-corrected chi connectivity index (χ1v) is 14.2. The molecule has 6 aromatic rings. The third-order valence-electron chi connectivity index (χ3n) is 8.24. The van der Waals surface area contributed by atoms with Gasteiger partial charge in [-0.05, 0) is 30.2 Å². The fourth-order valence-electron chi connectivity index (χ4n) is 6.05. The molecule has 7 rings (SSSR count). The zero-order valence-electron chi connectivity index (χ0n) is 23.1. The zero-order valence-corrected chi connectivity index (χ0v) is 23.1. The van der Waals surface area contributed by atoms with Crippen molar-refractivity contribution in [3.05, 3.63) is 110 Å². The third kappa shape index (κ3) is 4.77. The number of fused-ring (bicyclic) bond motifs is 5. The van der Waals surface area contributed by atoms with Crippen LogP contribution < -0.4 is 16.2 Å². The van der Waals surface area contributed by atoms with Crippen molar-refractivity contribution >= 4 is 49.4 Å². The lowest BCUT2D eigenvalue weighted by Crippen LogP contribution is -2.47. The molecule has 1 fully saturated rings. The number of aromatic amines is 1. The zero-order chi connectivity index (χ0) is 27.9. The summed E-state index contributed by atoms with van der Waals surface area (Å²) in [6, 6.07) is 25.4. The van der Waals surface area contributed by atoms with E-state index in [2.05, 4.69) is 50.4 Å². The van der Waals surface area contributed by atoms with E-state index in [9.17, 15) is 9.59 Å². The normalized spacial score (nSPS) is 14.9. The van der Waals surface area contributed by atoms with Crippen molar-refractivity contribution in [2.24, 2.45) is 0 Å². The van der Waals surface area contributed by atoms with Crippen LogP contribution in [0.25, 0.3) is 43.7 Å². The Kier molecular flexibility index (Phi) is 6.53. The minimum Gasteiger partial charge on any atom is -0.453 e. The largest absolute Gasteiger partial charge is 0.453 e. The van der Waals surface area contributed by atoms with E-state index in [1.165, 1.54) is 5.56 Å². The molecule has 2 heterocycles. The van der Waals surface area contributed by atoms with Gasteiger partial charge in [0.2, 0.25) is 0 Å². The minimum atomic E-state index is -0.170. The van der Waals surface area contributed by atoms with Crippen LogP contribution in [-0.4, -0.2) is 54.1 Å². The number of H-pyrrole nitrogens is 1. The lowest BCUT2D eigenvalue weighted by Gasteiger charge is -2.34. The second kappa shape index (κ2) is 10.5. The van der Waals surface area contributed by atoms with Crippen molar-refractivity contribution in [3.8, 4) is 0 Å². The SMILES string of the molecule is Cc1ccc2[nH]c3c(cc(NCCN4CCN(Cc5ccccc5)CC4)c4c(=O)c5ccccc5c(=O)c43)oc2c1. The van der Waals surface area contributed by atoms with Crippen LogP contribution in [0, 0.1) is 6.92 Å². The van der Waals surface area contributed by atoms with Crippen molar-refractivity contribution in [2.45, 2.75) is 13.5 Å². The molecule has 2 N–H and O–H groups in total. The summed E-state index contributed by atoms with van der Waals surface area (Å²) in [4.78, 5) is 36.0. The number of hydrogen-bond donors (Lipinski definition) is 2. The van der Waals surface area contributed by atoms with Gasteiger partial charge in [-0.2, -0.15) is 0 Å². The molecular formula is C34H32N4O3. The van der Waals surface area contributed by atoms with E-state index in [0.29, 0.717) is 50.5 Å². The number of nitrogens with one attached hydrogen (secondary N) is 2. The molecule has 0 spiro atoms. The summed E-state index contributed by atoms with van der Waals surface area (Å²) >= 11 is 0. The third-order valence-corrected chi connectivity index (χ3v) is 8.24. The highest BCUT2D eigenvalue weighted by Gasteiger charge is 2.20. The fraction of sp³-hybridized carbons (Fsp3) is 0.235. The van der Waals surface area contributed by atoms with Gasteiger partial charge < -0.3 is 14.7 Å². The summed E-state index contributed by atoms with van der Waals surface area (Å²) in [5, 5.41) is 5.15. The molecule has 0 saturated carbocycles. The quantitative estimate of drug-likeness (QED) is 0.214. The lowest BCUT2D eigenvalue weighted by atomic mass is 9.99. The molecule has 41 heavy (non-hydrogen) atoms. The summed E-state index contributed by atoms with van der Waals surface area (Å²) in [5.74, 6) is 0. The highest BCUT2D eigenvalue weighted by molar-refractivity contribution is 6.14. The van der Waals surface area contributed by atoms with Gasteiger partial charge in [-0.1, -0.05) is 60.7 Å². The number of piperazine rings is 1. The molecule has 1 aliphatic rings. The molecule has 206 valence electrons. The van der Waals surface area contributed by atoms with E-state index < -0.39 is 0 Å². The van der Waals surface area contributed by atoms with Gasteiger partial charge in [-0.25, -0.2) is 0 Å². The van der Waals surface area contributed by atoms with E-state index in [0.717, 1.165) is 50.3 Å². The second-order valence-corrected chi connectivity index (χ2v) is 11.0. The van der Waals surface area contributed by atoms with Gasteiger partial charge in [-0.3, -0.25) is 19.4 Å². The van der Waals surface area contributed by atoms with Gasteiger partial charge in [0, 0.05) is 62.7 Å². The Morgan fingerprint density at radius 1 is 0.780 bits per heavy atom. The summed E-state index contributed by atoms with van der Waals surface area (Å²) in [7, 11) is 0. The molecule has 7 nitrogen and oxygen atoms in total. The van der Waals surface area contributed by atoms with E-state index in [-0.39, 0.29) is 10.9 Å². The summed E-state index contributed by atoms with van der Waals surface area (Å²) in [6.07, 6.45) is 0. The van der Waals surface area contributed by atoms with Crippen LogP contribution in [0.4, 0.5) is 5.69 Å². The summed E-state index contributed by atoms with van der Waals surface area (Å²) in [5.41, 5.74) is 5.30. The number of anilines is 1. The standard InChI is InChI=1S/C34H32N4O3/c1-22-11-12-26-28(19-22)41-29-20-27(30-31(32(29)36-26)34(40)25-10-6-5-9-24(25)33(30)39)35-13-14-37-15-17-38(18-16-37)21-23-7-3-2-4-8-23/h2-12,19-20,35-36H,13-18,21H2,1H3. The first-order valence-electron chi connectivity index (χ1n) is 14.2. The van der Waals surface area contributed by atoms with E-state index in [1.54, 1.807) is 24.3 Å². The molecule has 5 aromatic carbocycles. The van der Waals surface area contributed by atoms with Crippen LogP contribution in [-0.2, 0) is 6.54 Å². The average Bonchev–Trinajstić information content (AvgIpc) is 3.00. The maximum absolute atomic E-state index is 13.8. The van der Waals surface area contributed by atoms with Gasteiger partial charge in [0.15, 0.2) is 22.0 Å². The van der Waals surface area contributed by atoms with Crippen LogP contribution in [0.3, 0.4) is 0 Å². The number of hydrogen-bond acceptors (Lipinski definition) is 6. The maximum Gasteiger partial charge on any atom is 0.196 e. The highest BCUT2D eigenvalue weighted by Crippen LogP contribution is 2.31. The average molecular weight is 545 g/mol. The summed E-state index contributed by atoms with van der Waals surface area (Å²) < 4.78 is 6.31. The molecule has 0 bridgehead atoms. The number of rotatable bonds is 6. The molecular weight excluding hydrogens is 512 g/mol. The van der Waals surface area contributed by atoms with Crippen LogP contribution in [0.15, 0.2) is 92.9 Å². The van der Waals surface area contributed by atoms with Crippen LogP contribution in [0.1, 0.15) is 11.1 Å². The highest BCUT2D eigenvalue weighted by atomic mass is 16.3. The molecule has 0 atom stereocenters. The number of aryl methyl sites for hydroxylation is 1. The van der Waals surface area contributed by atoms with Crippen molar-refractivity contribution in [3.63, 3.8) is 0 Å². The van der Waals surface area contributed by atoms with Gasteiger partial charge in [-0.15, -0.1) is 0 Å². The Balaban J connectivity index is 1.21. The Bertz CT molecular complexity index is 2020. The molecule has 0 radical (unpaired) electrons. The Hall–Kier alpha value is -4.46. The maximum atomic E-state index is 13.8. The first-order chi connectivity index (χ1) is 20.0.